The Hall–Kier alpha value is -3.95. The van der Waals surface area contributed by atoms with E-state index in [0.717, 1.165) is 28.1 Å². The molecule has 0 saturated carbocycles. The lowest BCUT2D eigenvalue weighted by atomic mass is 10.0. The van der Waals surface area contributed by atoms with Crippen LogP contribution >= 0.6 is 11.3 Å². The molecular weight excluding hydrogens is 425 g/mol. The molecule has 1 nitrogen and oxygen atoms in total. The summed E-state index contributed by atoms with van der Waals surface area (Å²) in [5.41, 5.74) is 6.49. The van der Waals surface area contributed by atoms with Crippen molar-refractivity contribution in [2.24, 2.45) is 0 Å². The standard InChI is InChI=1S/C30H20FNS/c31-23-14-9-20(10-15-23)21-11-16-24(17-12-21)32-28-7-3-1-5-25(28)22-13-18-30-27(19-22)26-6-2-4-8-29(26)33-30/h1-19,32H. The molecule has 33 heavy (non-hydrogen) atoms. The fourth-order valence-electron chi connectivity index (χ4n) is 4.28. The number of hydrogen-bond acceptors (Lipinski definition) is 2. The summed E-state index contributed by atoms with van der Waals surface area (Å²) in [4.78, 5) is 0. The van der Waals surface area contributed by atoms with E-state index in [-0.39, 0.29) is 5.82 Å². The molecule has 1 N–H and O–H groups in total. The van der Waals surface area contributed by atoms with Crippen LogP contribution in [0.15, 0.2) is 115 Å². The molecule has 6 rings (SSSR count). The maximum absolute atomic E-state index is 13.2. The summed E-state index contributed by atoms with van der Waals surface area (Å²) in [6.07, 6.45) is 0. The van der Waals surface area contributed by atoms with Crippen molar-refractivity contribution in [3.8, 4) is 22.3 Å². The minimum atomic E-state index is -0.220. The Balaban J connectivity index is 1.34. The second-order valence-corrected chi connectivity index (χ2v) is 9.15. The highest BCUT2D eigenvalue weighted by Crippen LogP contribution is 2.38. The zero-order valence-corrected chi connectivity index (χ0v) is 18.6. The van der Waals surface area contributed by atoms with Crippen LogP contribution in [0.5, 0.6) is 0 Å². The molecule has 0 spiro atoms. The molecule has 0 amide bonds. The van der Waals surface area contributed by atoms with Gasteiger partial charge in [0.1, 0.15) is 5.82 Å². The van der Waals surface area contributed by atoms with Gasteiger partial charge in [-0.1, -0.05) is 66.7 Å². The number of nitrogens with one attached hydrogen (secondary N) is 1. The van der Waals surface area contributed by atoms with E-state index in [9.17, 15) is 4.39 Å². The topological polar surface area (TPSA) is 12.0 Å². The molecule has 0 radical (unpaired) electrons. The first kappa shape index (κ1) is 19.7. The minimum Gasteiger partial charge on any atom is -0.355 e. The van der Waals surface area contributed by atoms with Gasteiger partial charge in [0.2, 0.25) is 0 Å². The van der Waals surface area contributed by atoms with Crippen LogP contribution in [0.25, 0.3) is 42.4 Å². The van der Waals surface area contributed by atoms with E-state index >= 15 is 0 Å². The number of halogens is 1. The van der Waals surface area contributed by atoms with E-state index in [4.69, 9.17) is 0 Å². The number of rotatable bonds is 4. The lowest BCUT2D eigenvalue weighted by molar-refractivity contribution is 0.628. The van der Waals surface area contributed by atoms with E-state index in [1.54, 1.807) is 12.1 Å². The number of fused-ring (bicyclic) bond motifs is 3. The van der Waals surface area contributed by atoms with E-state index in [0.29, 0.717) is 0 Å². The van der Waals surface area contributed by atoms with Crippen LogP contribution in [0.1, 0.15) is 0 Å². The van der Waals surface area contributed by atoms with E-state index < -0.39 is 0 Å². The Kier molecular flexibility index (Phi) is 4.89. The van der Waals surface area contributed by atoms with Gasteiger partial charge in [-0.15, -0.1) is 11.3 Å². The largest absolute Gasteiger partial charge is 0.355 e. The maximum Gasteiger partial charge on any atom is 0.123 e. The predicted octanol–water partition coefficient (Wildman–Crippen LogP) is 9.27. The first-order valence-electron chi connectivity index (χ1n) is 10.9. The van der Waals surface area contributed by atoms with Crippen molar-refractivity contribution in [3.05, 3.63) is 121 Å². The number of para-hydroxylation sites is 1. The van der Waals surface area contributed by atoms with E-state index in [2.05, 4.69) is 96.3 Å². The number of hydrogen-bond donors (Lipinski definition) is 1. The highest BCUT2D eigenvalue weighted by Gasteiger charge is 2.10. The molecule has 0 aliphatic heterocycles. The molecule has 0 aliphatic rings. The molecule has 0 aliphatic carbocycles. The zero-order chi connectivity index (χ0) is 22.2. The summed E-state index contributed by atoms with van der Waals surface area (Å²) >= 11 is 1.84. The fraction of sp³-hybridized carbons (Fsp3) is 0. The summed E-state index contributed by atoms with van der Waals surface area (Å²) in [5.74, 6) is -0.220. The van der Waals surface area contributed by atoms with Crippen molar-refractivity contribution in [1.82, 2.24) is 0 Å². The van der Waals surface area contributed by atoms with Gasteiger partial charge in [0.05, 0.1) is 0 Å². The highest BCUT2D eigenvalue weighted by molar-refractivity contribution is 7.25. The molecule has 3 heteroatoms. The normalized spacial score (nSPS) is 11.2. The van der Waals surface area contributed by atoms with Crippen LogP contribution in [0, 0.1) is 5.82 Å². The van der Waals surface area contributed by atoms with Crippen LogP contribution in [-0.2, 0) is 0 Å². The summed E-state index contributed by atoms with van der Waals surface area (Å²) in [6, 6.07) is 38.5. The maximum atomic E-state index is 13.2. The van der Waals surface area contributed by atoms with Crippen molar-refractivity contribution in [3.63, 3.8) is 0 Å². The summed E-state index contributed by atoms with van der Waals surface area (Å²) in [6.45, 7) is 0. The van der Waals surface area contributed by atoms with Crippen LogP contribution in [0.3, 0.4) is 0 Å². The number of anilines is 2. The van der Waals surface area contributed by atoms with Crippen molar-refractivity contribution in [2.45, 2.75) is 0 Å². The third-order valence-corrected chi connectivity index (χ3v) is 7.11. The zero-order valence-electron chi connectivity index (χ0n) is 17.8. The van der Waals surface area contributed by atoms with Crippen LogP contribution in [0.2, 0.25) is 0 Å². The van der Waals surface area contributed by atoms with Gasteiger partial charge in [-0.2, -0.15) is 0 Å². The molecular formula is C30H20FNS. The Bertz CT molecular complexity index is 1580. The molecule has 0 unspecified atom stereocenters. The number of benzene rings is 5. The summed E-state index contributed by atoms with van der Waals surface area (Å²) in [5, 5.41) is 6.18. The lowest BCUT2D eigenvalue weighted by Gasteiger charge is -2.13. The molecule has 1 heterocycles. The van der Waals surface area contributed by atoms with Crippen LogP contribution in [0.4, 0.5) is 15.8 Å². The molecule has 1 aromatic heterocycles. The Morgan fingerprint density at radius 1 is 0.545 bits per heavy atom. The summed E-state index contributed by atoms with van der Waals surface area (Å²) in [7, 11) is 0. The second-order valence-electron chi connectivity index (χ2n) is 8.06. The quantitative estimate of drug-likeness (QED) is 0.285. The Morgan fingerprint density at radius 2 is 1.18 bits per heavy atom. The van der Waals surface area contributed by atoms with E-state index in [1.807, 2.05) is 11.3 Å². The van der Waals surface area contributed by atoms with Gasteiger partial charge in [-0.25, -0.2) is 4.39 Å². The Morgan fingerprint density at radius 3 is 2.00 bits per heavy atom. The molecule has 5 aromatic carbocycles. The third kappa shape index (κ3) is 3.77. The van der Waals surface area contributed by atoms with Crippen LogP contribution < -0.4 is 5.32 Å². The van der Waals surface area contributed by atoms with Gasteiger partial charge < -0.3 is 5.32 Å². The van der Waals surface area contributed by atoms with Gasteiger partial charge in [0, 0.05) is 37.1 Å². The summed E-state index contributed by atoms with van der Waals surface area (Å²) < 4.78 is 15.8. The first-order chi connectivity index (χ1) is 16.2. The highest BCUT2D eigenvalue weighted by atomic mass is 32.1. The average molecular weight is 446 g/mol. The molecule has 0 atom stereocenters. The van der Waals surface area contributed by atoms with E-state index in [1.165, 1.54) is 37.9 Å². The Labute approximate surface area is 195 Å². The fourth-order valence-corrected chi connectivity index (χ4v) is 5.37. The first-order valence-corrected chi connectivity index (χ1v) is 11.7. The SMILES string of the molecule is Fc1ccc(-c2ccc(Nc3ccccc3-c3ccc4sc5ccccc5c4c3)cc2)cc1. The number of thiophene rings is 1. The minimum absolute atomic E-state index is 0.220. The van der Waals surface area contributed by atoms with Crippen LogP contribution in [-0.4, -0.2) is 0 Å². The third-order valence-electron chi connectivity index (χ3n) is 5.96. The molecule has 0 fully saturated rings. The average Bonchev–Trinajstić information content (AvgIpc) is 3.23. The second kappa shape index (κ2) is 8.19. The van der Waals surface area contributed by atoms with Gasteiger partial charge in [-0.3, -0.25) is 0 Å². The van der Waals surface area contributed by atoms with Crippen molar-refractivity contribution >= 4 is 42.9 Å². The molecule has 0 saturated heterocycles. The van der Waals surface area contributed by atoms with Crippen molar-refractivity contribution in [1.29, 1.82) is 0 Å². The molecule has 158 valence electrons. The monoisotopic (exact) mass is 445 g/mol. The van der Waals surface area contributed by atoms with Crippen molar-refractivity contribution < 1.29 is 4.39 Å². The predicted molar refractivity (Wildman–Crippen MR) is 140 cm³/mol. The molecule has 0 bridgehead atoms. The lowest BCUT2D eigenvalue weighted by Crippen LogP contribution is -1.93. The molecule has 6 aromatic rings. The van der Waals surface area contributed by atoms with Gasteiger partial charge >= 0.3 is 0 Å². The van der Waals surface area contributed by atoms with Gasteiger partial charge in [0.15, 0.2) is 0 Å². The van der Waals surface area contributed by atoms with Gasteiger partial charge in [0.25, 0.3) is 0 Å². The van der Waals surface area contributed by atoms with Crippen molar-refractivity contribution in [2.75, 3.05) is 5.32 Å². The smallest absolute Gasteiger partial charge is 0.123 e. The van der Waals surface area contributed by atoms with Gasteiger partial charge in [-0.05, 0) is 65.2 Å².